The van der Waals surface area contributed by atoms with Crippen molar-refractivity contribution in [2.24, 2.45) is 5.73 Å². The van der Waals surface area contributed by atoms with Gasteiger partial charge >= 0.3 is 0 Å². The van der Waals surface area contributed by atoms with Crippen molar-refractivity contribution >= 4 is 0 Å². The summed E-state index contributed by atoms with van der Waals surface area (Å²) in [6.07, 6.45) is 2.78. The Morgan fingerprint density at radius 2 is 2.17 bits per heavy atom. The first-order valence-corrected chi connectivity index (χ1v) is 6.25. The number of hydrogen-bond donors (Lipinski definition) is 1. The molecule has 0 aliphatic carbocycles. The van der Waals surface area contributed by atoms with Crippen LogP contribution in [0.15, 0.2) is 42.6 Å². The number of ether oxygens (including phenoxy) is 1. The average molecular weight is 240 g/mol. The quantitative estimate of drug-likeness (QED) is 0.876. The molecule has 1 aromatic carbocycles. The van der Waals surface area contributed by atoms with Crippen LogP contribution in [-0.4, -0.2) is 18.1 Å². The molecule has 18 heavy (non-hydrogen) atoms. The minimum absolute atomic E-state index is 0.0254. The highest BCUT2D eigenvalue weighted by Gasteiger charge is 2.22. The first-order chi connectivity index (χ1) is 8.90. The molecule has 2 N–H and O–H groups in total. The highest BCUT2D eigenvalue weighted by molar-refractivity contribution is 5.66. The van der Waals surface area contributed by atoms with Gasteiger partial charge in [0.15, 0.2) is 0 Å². The number of rotatable bonds is 2. The zero-order chi connectivity index (χ0) is 12.4. The molecule has 0 spiro atoms. The molecule has 0 radical (unpaired) electrons. The number of nitrogens with zero attached hydrogens (tertiary/aromatic N) is 1. The van der Waals surface area contributed by atoms with Crippen LogP contribution in [0.2, 0.25) is 0 Å². The first kappa shape index (κ1) is 11.4. The highest BCUT2D eigenvalue weighted by atomic mass is 16.5. The van der Waals surface area contributed by atoms with Crippen molar-refractivity contribution < 1.29 is 4.74 Å². The standard InChI is InChI=1S/C15H16N2O/c16-10-15-13-5-3-4-12(11(13)7-9-18-15)14-6-1-2-8-17-14/h1-6,8,15H,7,9-10,16H2. The van der Waals surface area contributed by atoms with E-state index in [1.54, 1.807) is 0 Å². The van der Waals surface area contributed by atoms with Gasteiger partial charge in [-0.25, -0.2) is 0 Å². The van der Waals surface area contributed by atoms with Gasteiger partial charge in [-0.2, -0.15) is 0 Å². The third kappa shape index (κ3) is 1.92. The Labute approximate surface area is 107 Å². The number of aromatic nitrogens is 1. The molecule has 2 heterocycles. The predicted octanol–water partition coefficient (Wildman–Crippen LogP) is 2.32. The van der Waals surface area contributed by atoms with Crippen LogP contribution >= 0.6 is 0 Å². The van der Waals surface area contributed by atoms with Crippen molar-refractivity contribution in [2.45, 2.75) is 12.5 Å². The highest BCUT2D eigenvalue weighted by Crippen LogP contribution is 2.33. The number of benzene rings is 1. The van der Waals surface area contributed by atoms with Crippen LogP contribution in [0, 0.1) is 0 Å². The molecule has 1 unspecified atom stereocenters. The number of nitrogens with two attached hydrogens (primary N) is 1. The minimum atomic E-state index is 0.0254. The first-order valence-electron chi connectivity index (χ1n) is 6.25. The normalized spacial score (nSPS) is 18.4. The molecule has 0 amide bonds. The molecular weight excluding hydrogens is 224 g/mol. The van der Waals surface area contributed by atoms with Crippen LogP contribution in [0.25, 0.3) is 11.3 Å². The third-order valence-electron chi connectivity index (χ3n) is 3.39. The van der Waals surface area contributed by atoms with E-state index in [1.807, 2.05) is 24.4 Å². The largest absolute Gasteiger partial charge is 0.372 e. The van der Waals surface area contributed by atoms with Crippen LogP contribution < -0.4 is 5.73 Å². The SMILES string of the molecule is NCC1OCCc2c(-c3ccccn3)cccc21. The maximum absolute atomic E-state index is 5.77. The van der Waals surface area contributed by atoms with Crippen LogP contribution in [0.3, 0.4) is 0 Å². The summed E-state index contributed by atoms with van der Waals surface area (Å²) < 4.78 is 5.70. The Morgan fingerprint density at radius 1 is 1.22 bits per heavy atom. The lowest BCUT2D eigenvalue weighted by Gasteiger charge is -2.26. The van der Waals surface area contributed by atoms with Gasteiger partial charge in [-0.05, 0) is 29.7 Å². The number of pyridine rings is 1. The van der Waals surface area contributed by atoms with Crippen LogP contribution in [0.1, 0.15) is 17.2 Å². The van der Waals surface area contributed by atoms with E-state index in [0.717, 1.165) is 18.7 Å². The van der Waals surface area contributed by atoms with E-state index >= 15 is 0 Å². The van der Waals surface area contributed by atoms with Crippen LogP contribution in [0.5, 0.6) is 0 Å². The van der Waals surface area contributed by atoms with Gasteiger partial charge in [0.2, 0.25) is 0 Å². The molecular formula is C15H16N2O. The topological polar surface area (TPSA) is 48.1 Å². The Balaban J connectivity index is 2.12. The monoisotopic (exact) mass is 240 g/mol. The summed E-state index contributed by atoms with van der Waals surface area (Å²) in [5, 5.41) is 0. The van der Waals surface area contributed by atoms with E-state index < -0.39 is 0 Å². The van der Waals surface area contributed by atoms with E-state index in [9.17, 15) is 0 Å². The number of fused-ring (bicyclic) bond motifs is 1. The van der Waals surface area contributed by atoms with Crippen molar-refractivity contribution in [1.29, 1.82) is 0 Å². The fourth-order valence-corrected chi connectivity index (χ4v) is 2.54. The zero-order valence-electron chi connectivity index (χ0n) is 10.2. The van der Waals surface area contributed by atoms with E-state index in [4.69, 9.17) is 10.5 Å². The lowest BCUT2D eigenvalue weighted by atomic mass is 9.91. The molecule has 0 fully saturated rings. The molecule has 3 nitrogen and oxygen atoms in total. The molecule has 0 saturated heterocycles. The summed E-state index contributed by atoms with van der Waals surface area (Å²) in [5.41, 5.74) is 10.5. The summed E-state index contributed by atoms with van der Waals surface area (Å²) in [6.45, 7) is 1.26. The van der Waals surface area contributed by atoms with Gasteiger partial charge in [-0.1, -0.05) is 24.3 Å². The van der Waals surface area contributed by atoms with Gasteiger partial charge in [0.05, 0.1) is 18.4 Å². The Bertz CT molecular complexity index is 539. The van der Waals surface area contributed by atoms with E-state index in [-0.39, 0.29) is 6.10 Å². The zero-order valence-corrected chi connectivity index (χ0v) is 10.2. The van der Waals surface area contributed by atoms with Crippen molar-refractivity contribution in [3.8, 4) is 11.3 Å². The fourth-order valence-electron chi connectivity index (χ4n) is 2.54. The van der Waals surface area contributed by atoms with E-state index in [0.29, 0.717) is 6.54 Å². The summed E-state index contributed by atoms with van der Waals surface area (Å²) in [5.74, 6) is 0. The molecule has 1 aliphatic rings. The molecule has 2 aromatic rings. The number of hydrogen-bond acceptors (Lipinski definition) is 3. The molecule has 92 valence electrons. The van der Waals surface area contributed by atoms with Crippen molar-refractivity contribution in [1.82, 2.24) is 4.98 Å². The second-order valence-corrected chi connectivity index (χ2v) is 4.43. The van der Waals surface area contributed by atoms with Crippen LogP contribution in [-0.2, 0) is 11.2 Å². The Kier molecular flexibility index (Phi) is 3.09. The van der Waals surface area contributed by atoms with Gasteiger partial charge in [0.1, 0.15) is 0 Å². The summed E-state index contributed by atoms with van der Waals surface area (Å²) in [7, 11) is 0. The summed E-state index contributed by atoms with van der Waals surface area (Å²) in [6, 6.07) is 12.3. The van der Waals surface area contributed by atoms with Crippen molar-refractivity contribution in [2.75, 3.05) is 13.2 Å². The average Bonchev–Trinajstić information content (AvgIpc) is 2.47. The Morgan fingerprint density at radius 3 is 2.94 bits per heavy atom. The Hall–Kier alpha value is -1.71. The smallest absolute Gasteiger partial charge is 0.0950 e. The lowest BCUT2D eigenvalue weighted by molar-refractivity contribution is 0.0486. The van der Waals surface area contributed by atoms with Crippen molar-refractivity contribution in [3.05, 3.63) is 53.7 Å². The molecule has 0 saturated carbocycles. The van der Waals surface area contributed by atoms with Gasteiger partial charge in [0.25, 0.3) is 0 Å². The second-order valence-electron chi connectivity index (χ2n) is 4.43. The van der Waals surface area contributed by atoms with Gasteiger partial charge in [-0.15, -0.1) is 0 Å². The third-order valence-corrected chi connectivity index (χ3v) is 3.39. The fraction of sp³-hybridized carbons (Fsp3) is 0.267. The molecule has 1 aliphatic heterocycles. The van der Waals surface area contributed by atoms with E-state index in [2.05, 4.69) is 23.2 Å². The predicted molar refractivity (Wildman–Crippen MR) is 71.1 cm³/mol. The molecule has 1 atom stereocenters. The second kappa shape index (κ2) is 4.88. The lowest BCUT2D eigenvalue weighted by Crippen LogP contribution is -2.23. The molecule has 0 bridgehead atoms. The molecule has 1 aromatic heterocycles. The maximum atomic E-state index is 5.77. The van der Waals surface area contributed by atoms with Gasteiger partial charge in [0, 0.05) is 18.3 Å². The van der Waals surface area contributed by atoms with Crippen LogP contribution in [0.4, 0.5) is 0 Å². The molecule has 3 heteroatoms. The summed E-state index contributed by atoms with van der Waals surface area (Å²) in [4.78, 5) is 4.44. The van der Waals surface area contributed by atoms with E-state index in [1.165, 1.54) is 16.7 Å². The maximum Gasteiger partial charge on any atom is 0.0950 e. The minimum Gasteiger partial charge on any atom is -0.372 e. The molecule has 3 rings (SSSR count). The van der Waals surface area contributed by atoms with Gasteiger partial charge in [-0.3, -0.25) is 4.98 Å². The summed E-state index contributed by atoms with van der Waals surface area (Å²) >= 11 is 0. The van der Waals surface area contributed by atoms with Gasteiger partial charge < -0.3 is 10.5 Å². The van der Waals surface area contributed by atoms with Crippen molar-refractivity contribution in [3.63, 3.8) is 0 Å².